The summed E-state index contributed by atoms with van der Waals surface area (Å²) in [5.41, 5.74) is 5.86. The van der Waals surface area contributed by atoms with Crippen LogP contribution in [0.2, 0.25) is 0 Å². The Morgan fingerprint density at radius 3 is 2.32 bits per heavy atom. The summed E-state index contributed by atoms with van der Waals surface area (Å²) in [6.45, 7) is 6.61. The van der Waals surface area contributed by atoms with Gasteiger partial charge in [-0.25, -0.2) is 0 Å². The number of aromatic hydroxyl groups is 1. The minimum atomic E-state index is 0.250. The first kappa shape index (κ1) is 19.1. The van der Waals surface area contributed by atoms with Crippen LogP contribution in [0, 0.1) is 6.92 Å². The Labute approximate surface area is 130 Å². The molecule has 0 amide bonds. The summed E-state index contributed by atoms with van der Waals surface area (Å²) in [5, 5.41) is 13.8. The van der Waals surface area contributed by atoms with Crippen LogP contribution in [-0.4, -0.2) is 24.9 Å². The first-order valence-electron chi connectivity index (χ1n) is 6.43. The number of benzene rings is 2. The van der Waals surface area contributed by atoms with Gasteiger partial charge in [-0.05, 0) is 30.2 Å². The van der Waals surface area contributed by atoms with Gasteiger partial charge in [0.15, 0.2) is 0 Å². The minimum absolute atomic E-state index is 0.250. The molecular formula is C17H20N2O3. The van der Waals surface area contributed by atoms with E-state index in [1.807, 2.05) is 63.0 Å². The Balaban J connectivity index is 0.00000102. The molecule has 0 unspecified atom stereocenters. The molecule has 0 saturated carbocycles. The number of carbonyl (C=O) groups excluding carboxylic acids is 2. The van der Waals surface area contributed by atoms with E-state index in [0.29, 0.717) is 12.1 Å². The number of phenolic OH excluding ortho intramolecular Hbond substituents is 1. The van der Waals surface area contributed by atoms with Crippen LogP contribution in [0.5, 0.6) is 5.75 Å². The van der Waals surface area contributed by atoms with Crippen molar-refractivity contribution in [3.63, 3.8) is 0 Å². The zero-order chi connectivity index (χ0) is 16.8. The molecule has 0 fully saturated rings. The van der Waals surface area contributed by atoms with Gasteiger partial charge in [0.2, 0.25) is 0 Å². The molecule has 0 aliphatic heterocycles. The van der Waals surface area contributed by atoms with Gasteiger partial charge in [0.25, 0.3) is 0 Å². The second kappa shape index (κ2) is 11.8. The van der Waals surface area contributed by atoms with E-state index in [9.17, 15) is 5.11 Å². The third-order valence-electron chi connectivity index (χ3n) is 2.61. The average molecular weight is 300 g/mol. The predicted molar refractivity (Wildman–Crippen MR) is 88.0 cm³/mol. The summed E-state index contributed by atoms with van der Waals surface area (Å²) >= 11 is 0. The van der Waals surface area contributed by atoms with E-state index in [1.54, 1.807) is 12.3 Å². The number of nitrogens with zero attached hydrogens (tertiary/aromatic N) is 1. The lowest BCUT2D eigenvalue weighted by atomic mass is 10.1. The predicted octanol–water partition coefficient (Wildman–Crippen LogP) is 2.45. The standard InChI is InChI=1S/C15H16N2O.2CH2O/c1-12-7-8-14(15(18)9-12)11-17-16-10-13-5-3-2-4-6-13;2*1-2/h2-9,11,16,18H,10H2,1H3;2*1H2/b17-11+;;. The van der Waals surface area contributed by atoms with Crippen molar-refractivity contribution in [2.75, 3.05) is 0 Å². The first-order chi connectivity index (χ1) is 10.8. The maximum atomic E-state index is 9.69. The SMILES string of the molecule is C=O.C=O.Cc1ccc(/C=N/NCc2ccccc2)c(O)c1. The highest BCUT2D eigenvalue weighted by Gasteiger charge is 1.97. The largest absolute Gasteiger partial charge is 0.507 e. The Morgan fingerprint density at radius 1 is 1.09 bits per heavy atom. The van der Waals surface area contributed by atoms with Gasteiger partial charge in [-0.15, -0.1) is 0 Å². The Kier molecular flexibility index (Phi) is 10.3. The molecule has 0 bridgehead atoms. The van der Waals surface area contributed by atoms with Crippen molar-refractivity contribution in [2.24, 2.45) is 5.10 Å². The highest BCUT2D eigenvalue weighted by atomic mass is 16.3. The number of phenols is 1. The van der Waals surface area contributed by atoms with Gasteiger partial charge in [0.1, 0.15) is 19.3 Å². The van der Waals surface area contributed by atoms with E-state index in [2.05, 4.69) is 10.5 Å². The Hall–Kier alpha value is -2.95. The van der Waals surface area contributed by atoms with E-state index < -0.39 is 0 Å². The number of hydrogen-bond donors (Lipinski definition) is 2. The van der Waals surface area contributed by atoms with Crippen LogP contribution in [0.3, 0.4) is 0 Å². The molecule has 0 atom stereocenters. The summed E-state index contributed by atoms with van der Waals surface area (Å²) in [6, 6.07) is 15.5. The number of carbonyl (C=O) groups is 2. The van der Waals surface area contributed by atoms with Crippen LogP contribution >= 0.6 is 0 Å². The zero-order valence-corrected chi connectivity index (χ0v) is 12.5. The monoisotopic (exact) mass is 300 g/mol. The average Bonchev–Trinajstić information content (AvgIpc) is 2.58. The van der Waals surface area contributed by atoms with Gasteiger partial charge in [0.05, 0.1) is 12.8 Å². The number of hydrogen-bond acceptors (Lipinski definition) is 5. The molecule has 0 aliphatic carbocycles. The molecule has 2 aromatic carbocycles. The zero-order valence-electron chi connectivity index (χ0n) is 12.5. The molecule has 0 aromatic heterocycles. The molecule has 2 rings (SSSR count). The molecule has 0 heterocycles. The van der Waals surface area contributed by atoms with Crippen molar-refractivity contribution in [1.82, 2.24) is 5.43 Å². The van der Waals surface area contributed by atoms with Gasteiger partial charge >= 0.3 is 0 Å². The normalized spacial score (nSPS) is 9.14. The number of rotatable bonds is 4. The number of hydrazone groups is 1. The van der Waals surface area contributed by atoms with E-state index in [4.69, 9.17) is 9.59 Å². The number of aryl methyl sites for hydroxylation is 1. The van der Waals surface area contributed by atoms with Gasteiger partial charge in [-0.1, -0.05) is 36.4 Å². The molecule has 5 nitrogen and oxygen atoms in total. The molecule has 2 N–H and O–H groups in total. The maximum Gasteiger partial charge on any atom is 0.124 e. The van der Waals surface area contributed by atoms with Gasteiger partial charge in [-0.3, -0.25) is 0 Å². The molecule has 22 heavy (non-hydrogen) atoms. The van der Waals surface area contributed by atoms with E-state index >= 15 is 0 Å². The van der Waals surface area contributed by atoms with Crippen LogP contribution in [-0.2, 0) is 16.1 Å². The van der Waals surface area contributed by atoms with Crippen LogP contribution in [0.4, 0.5) is 0 Å². The van der Waals surface area contributed by atoms with Crippen LogP contribution in [0.1, 0.15) is 16.7 Å². The van der Waals surface area contributed by atoms with Gasteiger partial charge in [0, 0.05) is 5.56 Å². The van der Waals surface area contributed by atoms with Gasteiger partial charge in [-0.2, -0.15) is 5.10 Å². The molecule has 2 aromatic rings. The van der Waals surface area contributed by atoms with Crippen molar-refractivity contribution in [3.8, 4) is 5.75 Å². The van der Waals surface area contributed by atoms with Crippen molar-refractivity contribution in [2.45, 2.75) is 13.5 Å². The first-order valence-corrected chi connectivity index (χ1v) is 6.43. The van der Waals surface area contributed by atoms with Crippen LogP contribution in [0.25, 0.3) is 0 Å². The highest BCUT2D eigenvalue weighted by molar-refractivity contribution is 5.83. The fraction of sp³-hybridized carbons (Fsp3) is 0.118. The third-order valence-corrected chi connectivity index (χ3v) is 2.61. The quantitative estimate of drug-likeness (QED) is 0.671. The third kappa shape index (κ3) is 7.00. The molecule has 0 spiro atoms. The summed E-state index contributed by atoms with van der Waals surface area (Å²) in [6.07, 6.45) is 1.62. The van der Waals surface area contributed by atoms with E-state index in [1.165, 1.54) is 5.56 Å². The molecule has 116 valence electrons. The Bertz CT molecular complexity index is 569. The van der Waals surface area contributed by atoms with Crippen molar-refractivity contribution >= 4 is 19.8 Å². The smallest absolute Gasteiger partial charge is 0.124 e. The molecule has 0 aliphatic rings. The van der Waals surface area contributed by atoms with Crippen LogP contribution < -0.4 is 5.43 Å². The maximum absolute atomic E-state index is 9.69. The highest BCUT2D eigenvalue weighted by Crippen LogP contribution is 2.15. The van der Waals surface area contributed by atoms with Crippen molar-refractivity contribution in [3.05, 3.63) is 65.2 Å². The second-order valence-corrected chi connectivity index (χ2v) is 4.14. The summed E-state index contributed by atoms with van der Waals surface area (Å²) in [4.78, 5) is 16.0. The minimum Gasteiger partial charge on any atom is -0.507 e. The fourth-order valence-electron chi connectivity index (χ4n) is 1.61. The van der Waals surface area contributed by atoms with Gasteiger partial charge < -0.3 is 20.1 Å². The summed E-state index contributed by atoms with van der Waals surface area (Å²) in [5.74, 6) is 0.250. The Morgan fingerprint density at radius 2 is 1.73 bits per heavy atom. The second-order valence-electron chi connectivity index (χ2n) is 4.14. The topological polar surface area (TPSA) is 78.8 Å². The van der Waals surface area contributed by atoms with Crippen molar-refractivity contribution in [1.29, 1.82) is 0 Å². The lowest BCUT2D eigenvalue weighted by molar-refractivity contribution is -0.0987. The number of nitrogens with one attached hydrogen (secondary N) is 1. The lowest BCUT2D eigenvalue weighted by Crippen LogP contribution is -2.05. The summed E-state index contributed by atoms with van der Waals surface area (Å²) in [7, 11) is 0. The molecular weight excluding hydrogens is 280 g/mol. The van der Waals surface area contributed by atoms with Crippen LogP contribution in [0.15, 0.2) is 53.6 Å². The van der Waals surface area contributed by atoms with Crippen molar-refractivity contribution < 1.29 is 14.7 Å². The lowest BCUT2D eigenvalue weighted by Gasteiger charge is -2.01. The molecule has 0 radical (unpaired) electrons. The fourth-order valence-corrected chi connectivity index (χ4v) is 1.61. The van der Waals surface area contributed by atoms with E-state index in [-0.39, 0.29) is 5.75 Å². The summed E-state index contributed by atoms with van der Waals surface area (Å²) < 4.78 is 0. The molecule has 0 saturated heterocycles. The molecule has 5 heteroatoms. The van der Waals surface area contributed by atoms with E-state index in [0.717, 1.165) is 5.56 Å².